The van der Waals surface area contributed by atoms with Crippen molar-refractivity contribution in [3.05, 3.63) is 104 Å². The van der Waals surface area contributed by atoms with E-state index in [2.05, 4.69) is 0 Å². The van der Waals surface area contributed by atoms with E-state index in [1.807, 2.05) is 66.9 Å². The Hall–Kier alpha value is -3.95. The Morgan fingerprint density at radius 2 is 1.69 bits per heavy atom. The van der Waals surface area contributed by atoms with Gasteiger partial charge in [0.15, 0.2) is 10.9 Å². The van der Waals surface area contributed by atoms with Crippen LogP contribution in [-0.4, -0.2) is 38.2 Å². The SMILES string of the molecule is CCOC(=O)c1ccc(-n2c(C)cc(C(=O)CSc3nc4sc5c(c4c(=O)n3-c3ccccc3)CCCC5)c2C)cc1. The molecule has 0 radical (unpaired) electrons. The Kier molecular flexibility index (Phi) is 7.88. The summed E-state index contributed by atoms with van der Waals surface area (Å²) in [5.41, 5.74) is 5.52. The third kappa shape index (κ3) is 5.12. The number of hydrogen-bond donors (Lipinski definition) is 0. The largest absolute Gasteiger partial charge is 0.462 e. The van der Waals surface area contributed by atoms with Crippen LogP contribution in [-0.2, 0) is 17.6 Å². The van der Waals surface area contributed by atoms with E-state index < -0.39 is 0 Å². The molecule has 0 amide bonds. The summed E-state index contributed by atoms with van der Waals surface area (Å²) in [7, 11) is 0. The molecule has 1 aliphatic carbocycles. The van der Waals surface area contributed by atoms with Gasteiger partial charge in [0.2, 0.25) is 0 Å². The standard InChI is InChI=1S/C33H31N3O4S2/c1-4-40-32(39)22-14-16-24(17-15-22)35-20(2)18-26(21(35)3)27(37)19-41-33-34-30-29(25-12-8-9-13-28(25)42-30)31(38)36(33)23-10-6-5-7-11-23/h5-7,10-11,14-18H,4,8-9,12-13,19H2,1-3H3. The number of benzene rings is 2. The second kappa shape index (κ2) is 11.7. The molecule has 0 bridgehead atoms. The van der Waals surface area contributed by atoms with Crippen molar-refractivity contribution in [2.45, 2.75) is 51.6 Å². The Bertz CT molecular complexity index is 1870. The monoisotopic (exact) mass is 597 g/mol. The zero-order chi connectivity index (χ0) is 29.4. The number of para-hydroxylation sites is 1. The van der Waals surface area contributed by atoms with Crippen LogP contribution < -0.4 is 5.56 Å². The summed E-state index contributed by atoms with van der Waals surface area (Å²) in [6.07, 6.45) is 4.12. The molecule has 3 aromatic heterocycles. The summed E-state index contributed by atoms with van der Waals surface area (Å²) in [5, 5.41) is 1.25. The summed E-state index contributed by atoms with van der Waals surface area (Å²) >= 11 is 2.92. The van der Waals surface area contributed by atoms with Gasteiger partial charge in [-0.2, -0.15) is 0 Å². The highest BCUT2D eigenvalue weighted by molar-refractivity contribution is 7.99. The van der Waals surface area contributed by atoms with E-state index in [-0.39, 0.29) is 23.1 Å². The second-order valence-corrected chi connectivity index (χ2v) is 12.4. The lowest BCUT2D eigenvalue weighted by Crippen LogP contribution is -2.22. The molecule has 0 spiro atoms. The number of Topliss-reactive ketones (excluding diaryl/α,β-unsaturated/α-hetero) is 1. The minimum Gasteiger partial charge on any atom is -0.462 e. The number of thioether (sulfide) groups is 1. The summed E-state index contributed by atoms with van der Waals surface area (Å²) in [5.74, 6) is -0.259. The van der Waals surface area contributed by atoms with E-state index in [4.69, 9.17) is 9.72 Å². The maximum atomic E-state index is 14.0. The molecule has 0 unspecified atom stereocenters. The fourth-order valence-corrected chi connectivity index (χ4v) is 7.90. The third-order valence-electron chi connectivity index (χ3n) is 7.67. The molecular formula is C33H31N3O4S2. The maximum absolute atomic E-state index is 14.0. The number of carbonyl (C=O) groups is 2. The van der Waals surface area contributed by atoms with Gasteiger partial charge in [-0.25, -0.2) is 9.78 Å². The summed E-state index contributed by atoms with van der Waals surface area (Å²) in [6, 6.07) is 18.6. The smallest absolute Gasteiger partial charge is 0.338 e. The maximum Gasteiger partial charge on any atom is 0.338 e. The second-order valence-electron chi connectivity index (χ2n) is 10.4. The van der Waals surface area contributed by atoms with Gasteiger partial charge in [0, 0.05) is 27.5 Å². The molecule has 0 aliphatic heterocycles. The van der Waals surface area contributed by atoms with Gasteiger partial charge in [0.1, 0.15) is 4.83 Å². The average Bonchev–Trinajstić information content (AvgIpc) is 3.52. The number of carbonyl (C=O) groups excluding carboxylic acids is 2. The zero-order valence-electron chi connectivity index (χ0n) is 23.8. The fourth-order valence-electron chi connectivity index (χ4n) is 5.70. The van der Waals surface area contributed by atoms with Crippen molar-refractivity contribution >= 4 is 45.1 Å². The van der Waals surface area contributed by atoms with Gasteiger partial charge in [-0.05, 0) is 94.5 Å². The van der Waals surface area contributed by atoms with Crippen molar-refractivity contribution in [2.24, 2.45) is 0 Å². The Morgan fingerprint density at radius 3 is 2.43 bits per heavy atom. The number of fused-ring (bicyclic) bond motifs is 3. The molecule has 7 nitrogen and oxygen atoms in total. The molecule has 5 aromatic rings. The van der Waals surface area contributed by atoms with Crippen LogP contribution >= 0.6 is 23.1 Å². The van der Waals surface area contributed by atoms with Crippen LogP contribution in [0.3, 0.4) is 0 Å². The number of ketones is 1. The quantitative estimate of drug-likeness (QED) is 0.0839. The van der Waals surface area contributed by atoms with Crippen LogP contribution in [0.25, 0.3) is 21.6 Å². The molecule has 0 atom stereocenters. The lowest BCUT2D eigenvalue weighted by molar-refractivity contribution is 0.0526. The van der Waals surface area contributed by atoms with Gasteiger partial charge in [-0.15, -0.1) is 11.3 Å². The van der Waals surface area contributed by atoms with Crippen molar-refractivity contribution in [1.82, 2.24) is 14.1 Å². The highest BCUT2D eigenvalue weighted by Crippen LogP contribution is 2.35. The minimum atomic E-state index is -0.360. The van der Waals surface area contributed by atoms with E-state index in [1.165, 1.54) is 16.6 Å². The van der Waals surface area contributed by atoms with Crippen LogP contribution in [0.5, 0.6) is 0 Å². The molecule has 6 rings (SSSR count). The Morgan fingerprint density at radius 1 is 0.976 bits per heavy atom. The van der Waals surface area contributed by atoms with Crippen LogP contribution in [0.2, 0.25) is 0 Å². The zero-order valence-corrected chi connectivity index (χ0v) is 25.4. The molecule has 42 heavy (non-hydrogen) atoms. The topological polar surface area (TPSA) is 83.2 Å². The highest BCUT2D eigenvalue weighted by atomic mass is 32.2. The van der Waals surface area contributed by atoms with Gasteiger partial charge in [-0.3, -0.25) is 14.2 Å². The Labute approximate surface area is 252 Å². The van der Waals surface area contributed by atoms with Crippen molar-refractivity contribution in [3.63, 3.8) is 0 Å². The lowest BCUT2D eigenvalue weighted by atomic mass is 9.97. The lowest BCUT2D eigenvalue weighted by Gasteiger charge is -2.13. The van der Waals surface area contributed by atoms with Crippen molar-refractivity contribution in [2.75, 3.05) is 12.4 Å². The molecular weight excluding hydrogens is 567 g/mol. The highest BCUT2D eigenvalue weighted by Gasteiger charge is 2.24. The Balaban J connectivity index is 1.31. The first-order chi connectivity index (χ1) is 20.4. The molecule has 1 aliphatic rings. The van der Waals surface area contributed by atoms with Crippen LogP contribution in [0, 0.1) is 13.8 Å². The molecule has 2 aromatic carbocycles. The normalized spacial score (nSPS) is 12.8. The number of hydrogen-bond acceptors (Lipinski definition) is 7. The first-order valence-electron chi connectivity index (χ1n) is 14.1. The molecule has 9 heteroatoms. The fraction of sp³-hybridized carbons (Fsp3) is 0.273. The van der Waals surface area contributed by atoms with Gasteiger partial charge >= 0.3 is 5.97 Å². The number of aryl methyl sites for hydroxylation is 3. The average molecular weight is 598 g/mol. The third-order valence-corrected chi connectivity index (χ3v) is 9.80. The van der Waals surface area contributed by atoms with Gasteiger partial charge in [0.05, 0.1) is 29.0 Å². The van der Waals surface area contributed by atoms with Crippen LogP contribution in [0.1, 0.15) is 62.3 Å². The molecule has 0 saturated heterocycles. The van der Waals surface area contributed by atoms with Crippen molar-refractivity contribution in [3.8, 4) is 11.4 Å². The van der Waals surface area contributed by atoms with Gasteiger partial charge in [0.25, 0.3) is 5.56 Å². The number of rotatable bonds is 8. The van der Waals surface area contributed by atoms with Gasteiger partial charge in [-0.1, -0.05) is 30.0 Å². The first kappa shape index (κ1) is 28.2. The molecule has 0 N–H and O–H groups in total. The number of esters is 1. The summed E-state index contributed by atoms with van der Waals surface area (Å²) in [6.45, 7) is 5.97. The number of ether oxygens (including phenoxy) is 1. The van der Waals surface area contributed by atoms with E-state index in [9.17, 15) is 14.4 Å². The van der Waals surface area contributed by atoms with E-state index in [0.717, 1.165) is 64.2 Å². The number of aromatic nitrogens is 3. The predicted molar refractivity (Wildman–Crippen MR) is 168 cm³/mol. The van der Waals surface area contributed by atoms with E-state index in [0.29, 0.717) is 22.9 Å². The molecule has 0 saturated carbocycles. The molecule has 0 fully saturated rings. The van der Waals surface area contributed by atoms with Crippen molar-refractivity contribution in [1.29, 1.82) is 0 Å². The van der Waals surface area contributed by atoms with Crippen molar-refractivity contribution < 1.29 is 14.3 Å². The van der Waals surface area contributed by atoms with Crippen LogP contribution in [0.15, 0.2) is 70.6 Å². The van der Waals surface area contributed by atoms with E-state index in [1.54, 1.807) is 35.0 Å². The van der Waals surface area contributed by atoms with Crippen LogP contribution in [0.4, 0.5) is 0 Å². The first-order valence-corrected chi connectivity index (χ1v) is 15.9. The van der Waals surface area contributed by atoms with Gasteiger partial charge < -0.3 is 9.30 Å². The van der Waals surface area contributed by atoms with E-state index >= 15 is 0 Å². The predicted octanol–water partition coefficient (Wildman–Crippen LogP) is 6.89. The number of nitrogens with zero attached hydrogens (tertiary/aromatic N) is 3. The minimum absolute atomic E-state index is 0.0399. The molecule has 3 heterocycles. The molecule has 214 valence electrons. The summed E-state index contributed by atoms with van der Waals surface area (Å²) < 4.78 is 8.76. The number of thiophene rings is 1. The summed E-state index contributed by atoms with van der Waals surface area (Å²) in [4.78, 5) is 46.6.